The Morgan fingerprint density at radius 2 is 2.00 bits per heavy atom. The lowest BCUT2D eigenvalue weighted by molar-refractivity contribution is 0.299. The SMILES string of the molecule is CNC(C)c1cc(F)ccc1OCc1ccccc1Cl. The minimum atomic E-state index is -0.271. The molecule has 0 saturated heterocycles. The maximum atomic E-state index is 13.4. The molecule has 0 aliphatic heterocycles. The largest absolute Gasteiger partial charge is 0.489 e. The number of ether oxygens (including phenoxy) is 1. The average molecular weight is 294 g/mol. The fourth-order valence-corrected chi connectivity index (χ4v) is 2.11. The molecule has 2 aromatic carbocycles. The van der Waals surface area contributed by atoms with Crippen molar-refractivity contribution in [1.29, 1.82) is 0 Å². The average Bonchev–Trinajstić information content (AvgIpc) is 2.46. The third-order valence-electron chi connectivity index (χ3n) is 3.21. The zero-order valence-electron chi connectivity index (χ0n) is 11.5. The molecule has 0 heterocycles. The van der Waals surface area contributed by atoms with Gasteiger partial charge in [-0.15, -0.1) is 0 Å². The fourth-order valence-electron chi connectivity index (χ4n) is 1.92. The molecule has 2 aromatic rings. The second-order valence-corrected chi connectivity index (χ2v) is 4.98. The van der Waals surface area contributed by atoms with Crippen molar-refractivity contribution in [2.75, 3.05) is 7.05 Å². The molecule has 0 fully saturated rings. The first-order chi connectivity index (χ1) is 9.61. The number of hydrogen-bond donors (Lipinski definition) is 1. The van der Waals surface area contributed by atoms with E-state index in [4.69, 9.17) is 16.3 Å². The van der Waals surface area contributed by atoms with Crippen LogP contribution in [-0.2, 0) is 6.61 Å². The topological polar surface area (TPSA) is 21.3 Å². The molecule has 0 aliphatic rings. The Kier molecular flexibility index (Phi) is 4.99. The van der Waals surface area contributed by atoms with Gasteiger partial charge in [0.25, 0.3) is 0 Å². The summed E-state index contributed by atoms with van der Waals surface area (Å²) in [5, 5.41) is 3.75. The van der Waals surface area contributed by atoms with Gasteiger partial charge in [-0.05, 0) is 38.2 Å². The van der Waals surface area contributed by atoms with E-state index in [-0.39, 0.29) is 11.9 Å². The molecule has 20 heavy (non-hydrogen) atoms. The molecule has 1 N–H and O–H groups in total. The lowest BCUT2D eigenvalue weighted by atomic mass is 10.1. The monoisotopic (exact) mass is 293 g/mol. The van der Waals surface area contributed by atoms with Crippen LogP contribution in [0.25, 0.3) is 0 Å². The van der Waals surface area contributed by atoms with Crippen molar-refractivity contribution in [3.8, 4) is 5.75 Å². The maximum absolute atomic E-state index is 13.4. The summed E-state index contributed by atoms with van der Waals surface area (Å²) in [6.45, 7) is 2.31. The highest BCUT2D eigenvalue weighted by molar-refractivity contribution is 6.31. The number of benzene rings is 2. The summed E-state index contributed by atoms with van der Waals surface area (Å²) in [6.07, 6.45) is 0. The van der Waals surface area contributed by atoms with E-state index in [2.05, 4.69) is 5.32 Å². The van der Waals surface area contributed by atoms with Crippen LogP contribution >= 0.6 is 11.6 Å². The van der Waals surface area contributed by atoms with E-state index in [9.17, 15) is 4.39 Å². The standard InChI is InChI=1S/C16H17ClFNO/c1-11(19-2)14-9-13(18)7-8-16(14)20-10-12-5-3-4-6-15(12)17/h3-9,11,19H,10H2,1-2H3. The molecule has 4 heteroatoms. The van der Waals surface area contributed by atoms with Crippen LogP contribution in [0.4, 0.5) is 4.39 Å². The minimum absolute atomic E-state index is 0.00643. The smallest absolute Gasteiger partial charge is 0.124 e. The molecule has 0 saturated carbocycles. The van der Waals surface area contributed by atoms with Crippen LogP contribution in [-0.4, -0.2) is 7.05 Å². The van der Waals surface area contributed by atoms with Gasteiger partial charge in [-0.3, -0.25) is 0 Å². The van der Waals surface area contributed by atoms with Crippen molar-refractivity contribution in [2.24, 2.45) is 0 Å². The van der Waals surface area contributed by atoms with Crippen molar-refractivity contribution >= 4 is 11.6 Å². The predicted molar refractivity (Wildman–Crippen MR) is 79.7 cm³/mol. The Bertz CT molecular complexity index is 588. The zero-order chi connectivity index (χ0) is 14.5. The van der Waals surface area contributed by atoms with Gasteiger partial charge >= 0.3 is 0 Å². The lowest BCUT2D eigenvalue weighted by Crippen LogP contribution is -2.14. The molecule has 1 atom stereocenters. The minimum Gasteiger partial charge on any atom is -0.489 e. The number of hydrogen-bond acceptors (Lipinski definition) is 2. The van der Waals surface area contributed by atoms with Crippen LogP contribution in [0.3, 0.4) is 0 Å². The maximum Gasteiger partial charge on any atom is 0.124 e. The summed E-state index contributed by atoms with van der Waals surface area (Å²) in [4.78, 5) is 0. The van der Waals surface area contributed by atoms with Gasteiger partial charge in [-0.2, -0.15) is 0 Å². The highest BCUT2D eigenvalue weighted by Gasteiger charge is 2.12. The predicted octanol–water partition coefficient (Wildman–Crippen LogP) is 4.34. The third kappa shape index (κ3) is 3.50. The van der Waals surface area contributed by atoms with Crippen LogP contribution in [0, 0.1) is 5.82 Å². The van der Waals surface area contributed by atoms with Crippen molar-refractivity contribution in [2.45, 2.75) is 19.6 Å². The Hall–Kier alpha value is -1.58. The second kappa shape index (κ2) is 6.73. The molecule has 0 radical (unpaired) electrons. The molecule has 0 amide bonds. The van der Waals surface area contributed by atoms with Crippen molar-refractivity contribution in [3.63, 3.8) is 0 Å². The number of halogens is 2. The van der Waals surface area contributed by atoms with Crippen LogP contribution in [0.5, 0.6) is 5.75 Å². The molecule has 0 bridgehead atoms. The summed E-state index contributed by atoms with van der Waals surface area (Å²) in [7, 11) is 1.83. The van der Waals surface area contributed by atoms with Gasteiger partial charge in [0, 0.05) is 22.2 Å². The van der Waals surface area contributed by atoms with Gasteiger partial charge in [0.15, 0.2) is 0 Å². The summed E-state index contributed by atoms with van der Waals surface area (Å²) >= 11 is 6.09. The van der Waals surface area contributed by atoms with E-state index < -0.39 is 0 Å². The van der Waals surface area contributed by atoms with E-state index in [1.165, 1.54) is 12.1 Å². The Morgan fingerprint density at radius 3 is 2.70 bits per heavy atom. The summed E-state index contributed by atoms with van der Waals surface area (Å²) in [5.74, 6) is 0.389. The van der Waals surface area contributed by atoms with E-state index in [0.29, 0.717) is 17.4 Å². The molecule has 106 valence electrons. The molecule has 0 aromatic heterocycles. The van der Waals surface area contributed by atoms with Crippen molar-refractivity contribution < 1.29 is 9.13 Å². The van der Waals surface area contributed by atoms with E-state index in [0.717, 1.165) is 11.1 Å². The summed E-state index contributed by atoms with van der Waals surface area (Å²) in [6, 6.07) is 12.1. The normalized spacial score (nSPS) is 12.2. The van der Waals surface area contributed by atoms with Crippen LogP contribution in [0.15, 0.2) is 42.5 Å². The fraction of sp³-hybridized carbons (Fsp3) is 0.250. The van der Waals surface area contributed by atoms with Gasteiger partial charge < -0.3 is 10.1 Å². The van der Waals surface area contributed by atoms with Gasteiger partial charge in [-0.25, -0.2) is 4.39 Å². The molecular weight excluding hydrogens is 277 g/mol. The molecule has 2 nitrogen and oxygen atoms in total. The first kappa shape index (κ1) is 14.8. The molecule has 2 rings (SSSR count). The quantitative estimate of drug-likeness (QED) is 0.885. The highest BCUT2D eigenvalue weighted by atomic mass is 35.5. The summed E-state index contributed by atoms with van der Waals surface area (Å²) < 4.78 is 19.2. The van der Waals surface area contributed by atoms with Crippen LogP contribution in [0.2, 0.25) is 5.02 Å². The molecule has 0 aliphatic carbocycles. The highest BCUT2D eigenvalue weighted by Crippen LogP contribution is 2.27. The van der Waals surface area contributed by atoms with E-state index in [1.807, 2.05) is 38.2 Å². The van der Waals surface area contributed by atoms with Crippen LogP contribution in [0.1, 0.15) is 24.1 Å². The zero-order valence-corrected chi connectivity index (χ0v) is 12.2. The van der Waals surface area contributed by atoms with E-state index in [1.54, 1.807) is 6.07 Å². The first-order valence-electron chi connectivity index (χ1n) is 6.44. The number of rotatable bonds is 5. The lowest BCUT2D eigenvalue weighted by Gasteiger charge is -2.17. The molecule has 0 spiro atoms. The Labute approximate surface area is 123 Å². The Balaban J connectivity index is 2.19. The van der Waals surface area contributed by atoms with Crippen LogP contribution < -0.4 is 10.1 Å². The van der Waals surface area contributed by atoms with E-state index >= 15 is 0 Å². The first-order valence-corrected chi connectivity index (χ1v) is 6.82. The number of nitrogens with one attached hydrogen (secondary N) is 1. The van der Waals surface area contributed by atoms with Gasteiger partial charge in [0.1, 0.15) is 18.2 Å². The van der Waals surface area contributed by atoms with Crippen molar-refractivity contribution in [3.05, 3.63) is 64.4 Å². The van der Waals surface area contributed by atoms with Gasteiger partial charge in [0.2, 0.25) is 0 Å². The van der Waals surface area contributed by atoms with Crippen molar-refractivity contribution in [1.82, 2.24) is 5.32 Å². The second-order valence-electron chi connectivity index (χ2n) is 4.57. The molecule has 1 unspecified atom stereocenters. The Morgan fingerprint density at radius 1 is 1.25 bits per heavy atom. The third-order valence-corrected chi connectivity index (χ3v) is 3.58. The molecular formula is C16H17ClFNO. The van der Waals surface area contributed by atoms with Gasteiger partial charge in [-0.1, -0.05) is 29.8 Å². The van der Waals surface area contributed by atoms with Gasteiger partial charge in [0.05, 0.1) is 0 Å². The summed E-state index contributed by atoms with van der Waals surface area (Å²) in [5.41, 5.74) is 1.70.